The minimum Gasteiger partial charge on any atom is -0.273 e. The average Bonchev–Trinajstić information content (AvgIpc) is 2.67. The Morgan fingerprint density at radius 1 is 1.00 bits per heavy atom. The van der Waals surface area contributed by atoms with E-state index in [-0.39, 0.29) is 5.91 Å². The molecule has 104 valence electrons. The summed E-state index contributed by atoms with van der Waals surface area (Å²) < 4.78 is 0. The van der Waals surface area contributed by atoms with E-state index in [4.69, 9.17) is 0 Å². The van der Waals surface area contributed by atoms with Crippen LogP contribution in [0.5, 0.6) is 0 Å². The first kappa shape index (κ1) is 15.2. The maximum absolute atomic E-state index is 11.3. The highest BCUT2D eigenvalue weighted by atomic mass is 16.2. The van der Waals surface area contributed by atoms with Crippen LogP contribution in [0.15, 0.2) is 5.10 Å². The Bertz CT molecular complexity index is 274. The van der Waals surface area contributed by atoms with Crippen LogP contribution in [0, 0.1) is 0 Å². The quantitative estimate of drug-likeness (QED) is 0.538. The van der Waals surface area contributed by atoms with Gasteiger partial charge in [0.15, 0.2) is 0 Å². The van der Waals surface area contributed by atoms with Crippen LogP contribution < -0.4 is 0 Å². The maximum Gasteiger partial charge on any atom is 0.248 e. The highest BCUT2D eigenvalue weighted by Crippen LogP contribution is 2.14. The lowest BCUT2D eigenvalue weighted by molar-refractivity contribution is -0.127. The van der Waals surface area contributed by atoms with E-state index in [9.17, 15) is 4.79 Å². The molecule has 1 rings (SSSR count). The second-order valence-corrected chi connectivity index (χ2v) is 5.34. The highest BCUT2D eigenvalue weighted by molar-refractivity contribution is 6.04. The second kappa shape index (κ2) is 9.12. The van der Waals surface area contributed by atoms with Crippen molar-refractivity contribution < 1.29 is 4.79 Å². The van der Waals surface area contributed by atoms with Gasteiger partial charge >= 0.3 is 0 Å². The van der Waals surface area contributed by atoms with Crippen molar-refractivity contribution in [3.05, 3.63) is 0 Å². The van der Waals surface area contributed by atoms with Gasteiger partial charge in [-0.25, -0.2) is 5.01 Å². The van der Waals surface area contributed by atoms with Crippen LogP contribution >= 0.6 is 0 Å². The van der Waals surface area contributed by atoms with Gasteiger partial charge < -0.3 is 0 Å². The first-order chi connectivity index (χ1) is 8.74. The zero-order chi connectivity index (χ0) is 13.2. The van der Waals surface area contributed by atoms with Crippen molar-refractivity contribution in [2.24, 2.45) is 5.10 Å². The van der Waals surface area contributed by atoms with Crippen LogP contribution in [-0.2, 0) is 4.79 Å². The molecule has 0 saturated heterocycles. The predicted octanol–water partition coefficient (Wildman–Crippen LogP) is 4.13. The lowest BCUT2D eigenvalue weighted by Crippen LogP contribution is -2.13. The molecule has 0 N–H and O–H groups in total. The maximum atomic E-state index is 11.3. The van der Waals surface area contributed by atoms with E-state index in [2.05, 4.69) is 12.0 Å². The van der Waals surface area contributed by atoms with Crippen LogP contribution in [0.2, 0.25) is 0 Å². The second-order valence-electron chi connectivity index (χ2n) is 5.34. The minimum atomic E-state index is 0.140. The molecule has 1 heterocycles. The molecule has 3 heteroatoms. The van der Waals surface area contributed by atoms with Crippen LogP contribution in [0.1, 0.15) is 77.6 Å². The molecule has 0 aromatic rings. The number of amides is 1. The Morgan fingerprint density at radius 3 is 2.06 bits per heavy atom. The lowest BCUT2D eigenvalue weighted by Gasteiger charge is -2.01. The normalized spacial score (nSPS) is 15.3. The minimum absolute atomic E-state index is 0.140. The third-order valence-corrected chi connectivity index (χ3v) is 3.58. The first-order valence-electron chi connectivity index (χ1n) is 7.57. The Hall–Kier alpha value is -0.860. The number of unbranched alkanes of at least 4 members (excludes halogenated alkanes) is 8. The van der Waals surface area contributed by atoms with E-state index < -0.39 is 0 Å². The Balaban J connectivity index is 1.87. The van der Waals surface area contributed by atoms with E-state index in [1.807, 2.05) is 0 Å². The third-order valence-electron chi connectivity index (χ3n) is 3.58. The van der Waals surface area contributed by atoms with Gasteiger partial charge in [0.25, 0.3) is 0 Å². The summed E-state index contributed by atoms with van der Waals surface area (Å²) in [5.74, 6) is 0.140. The van der Waals surface area contributed by atoms with Gasteiger partial charge in [-0.3, -0.25) is 4.79 Å². The number of hydrazone groups is 1. The van der Waals surface area contributed by atoms with E-state index in [1.165, 1.54) is 62.8 Å². The number of carbonyl (C=O) groups is 1. The van der Waals surface area contributed by atoms with Crippen LogP contribution in [0.25, 0.3) is 0 Å². The van der Waals surface area contributed by atoms with Crippen LogP contribution in [-0.4, -0.2) is 23.7 Å². The summed E-state index contributed by atoms with van der Waals surface area (Å²) in [5.41, 5.74) is 1.07. The molecular weight excluding hydrogens is 224 g/mol. The third kappa shape index (κ3) is 6.18. The van der Waals surface area contributed by atoms with Gasteiger partial charge in [-0.15, -0.1) is 0 Å². The number of carbonyl (C=O) groups excluding carboxylic acids is 1. The molecule has 0 radical (unpaired) electrons. The molecule has 1 aliphatic rings. The Morgan fingerprint density at radius 2 is 1.56 bits per heavy atom. The van der Waals surface area contributed by atoms with E-state index in [0.717, 1.165) is 12.1 Å². The smallest absolute Gasteiger partial charge is 0.248 e. The molecule has 1 aliphatic heterocycles. The molecule has 1 amide bonds. The van der Waals surface area contributed by atoms with Gasteiger partial charge in [0.05, 0.1) is 6.42 Å². The van der Waals surface area contributed by atoms with Crippen molar-refractivity contribution in [3.63, 3.8) is 0 Å². The molecule has 0 spiro atoms. The molecule has 0 fully saturated rings. The Labute approximate surface area is 112 Å². The fourth-order valence-electron chi connectivity index (χ4n) is 2.37. The molecule has 3 nitrogen and oxygen atoms in total. The molecule has 0 saturated carbocycles. The monoisotopic (exact) mass is 252 g/mol. The molecule has 0 atom stereocenters. The summed E-state index contributed by atoms with van der Waals surface area (Å²) in [5, 5.41) is 5.71. The average molecular weight is 252 g/mol. The topological polar surface area (TPSA) is 32.7 Å². The Kier molecular flexibility index (Phi) is 7.70. The first-order valence-corrected chi connectivity index (χ1v) is 7.57. The predicted molar refractivity (Wildman–Crippen MR) is 76.7 cm³/mol. The van der Waals surface area contributed by atoms with Crippen molar-refractivity contribution >= 4 is 11.6 Å². The number of nitrogens with zero attached hydrogens (tertiary/aromatic N) is 2. The molecule has 0 bridgehead atoms. The van der Waals surface area contributed by atoms with E-state index >= 15 is 0 Å². The summed E-state index contributed by atoms with van der Waals surface area (Å²) in [6.07, 6.45) is 13.7. The largest absolute Gasteiger partial charge is 0.273 e. The summed E-state index contributed by atoms with van der Waals surface area (Å²) >= 11 is 0. The molecule has 0 aromatic carbocycles. The molecule has 0 unspecified atom stereocenters. The van der Waals surface area contributed by atoms with Gasteiger partial charge in [0.1, 0.15) is 0 Å². The summed E-state index contributed by atoms with van der Waals surface area (Å²) in [6.45, 7) is 2.26. The zero-order valence-corrected chi connectivity index (χ0v) is 12.1. The number of hydrogen-bond acceptors (Lipinski definition) is 2. The SMILES string of the molecule is CCCCCCCCCCCC1=NN(C)C(=O)C1. The zero-order valence-electron chi connectivity index (χ0n) is 12.1. The van der Waals surface area contributed by atoms with Crippen molar-refractivity contribution in [1.82, 2.24) is 5.01 Å². The molecule has 0 aliphatic carbocycles. The van der Waals surface area contributed by atoms with Crippen LogP contribution in [0.4, 0.5) is 0 Å². The fourth-order valence-corrected chi connectivity index (χ4v) is 2.37. The van der Waals surface area contributed by atoms with Crippen LogP contribution in [0.3, 0.4) is 0 Å². The van der Waals surface area contributed by atoms with Gasteiger partial charge in [-0.1, -0.05) is 58.3 Å². The van der Waals surface area contributed by atoms with Gasteiger partial charge in [0.2, 0.25) is 5.91 Å². The number of rotatable bonds is 10. The van der Waals surface area contributed by atoms with Gasteiger partial charge in [0, 0.05) is 12.8 Å². The lowest BCUT2D eigenvalue weighted by atomic mass is 10.0. The van der Waals surface area contributed by atoms with Crippen molar-refractivity contribution in [2.75, 3.05) is 7.05 Å². The highest BCUT2D eigenvalue weighted by Gasteiger charge is 2.19. The van der Waals surface area contributed by atoms with Crippen molar-refractivity contribution in [2.45, 2.75) is 77.6 Å². The van der Waals surface area contributed by atoms with Crippen molar-refractivity contribution in [1.29, 1.82) is 0 Å². The standard InChI is InChI=1S/C15H28N2O/c1-3-4-5-6-7-8-9-10-11-12-14-13-15(18)17(2)16-14/h3-13H2,1-2H3. The fraction of sp³-hybridized carbons (Fsp3) is 0.867. The van der Waals surface area contributed by atoms with Crippen molar-refractivity contribution in [3.8, 4) is 0 Å². The van der Waals surface area contributed by atoms with E-state index in [1.54, 1.807) is 7.05 Å². The number of hydrogen-bond donors (Lipinski definition) is 0. The van der Waals surface area contributed by atoms with Gasteiger partial charge in [-0.05, 0) is 12.8 Å². The summed E-state index contributed by atoms with van der Waals surface area (Å²) in [6, 6.07) is 0. The molecular formula is C15H28N2O. The molecule has 0 aromatic heterocycles. The summed E-state index contributed by atoms with van der Waals surface area (Å²) in [4.78, 5) is 11.3. The summed E-state index contributed by atoms with van der Waals surface area (Å²) in [7, 11) is 1.74. The van der Waals surface area contributed by atoms with E-state index in [0.29, 0.717) is 6.42 Å². The van der Waals surface area contributed by atoms with Gasteiger partial charge in [-0.2, -0.15) is 5.10 Å². The molecule has 18 heavy (non-hydrogen) atoms.